The number of hydrogen-bond acceptors (Lipinski definition) is 4. The van der Waals surface area contributed by atoms with E-state index in [9.17, 15) is 0 Å². The third-order valence-electron chi connectivity index (χ3n) is 3.68. The highest BCUT2D eigenvalue weighted by Crippen LogP contribution is 2.20. The van der Waals surface area contributed by atoms with Crippen LogP contribution in [0.25, 0.3) is 0 Å². The quantitative estimate of drug-likeness (QED) is 0.848. The van der Waals surface area contributed by atoms with Gasteiger partial charge in [-0.2, -0.15) is 0 Å². The van der Waals surface area contributed by atoms with Crippen molar-refractivity contribution in [1.82, 2.24) is 9.80 Å². The van der Waals surface area contributed by atoms with Crippen molar-refractivity contribution < 1.29 is 0 Å². The zero-order chi connectivity index (χ0) is 13.7. The number of hydrogen-bond donors (Lipinski definition) is 1. The highest BCUT2D eigenvalue weighted by molar-refractivity contribution is 7.10. The second-order valence-electron chi connectivity index (χ2n) is 5.24. The van der Waals surface area contributed by atoms with Crippen LogP contribution in [-0.4, -0.2) is 49.6 Å². The normalized spacial score (nSPS) is 19.7. The highest BCUT2D eigenvalue weighted by atomic mass is 32.1. The fourth-order valence-electron chi connectivity index (χ4n) is 2.60. The van der Waals surface area contributed by atoms with Crippen molar-refractivity contribution in [2.75, 3.05) is 33.7 Å². The molecule has 2 heterocycles. The van der Waals surface area contributed by atoms with Crippen molar-refractivity contribution in [2.45, 2.75) is 25.4 Å². The van der Waals surface area contributed by atoms with Gasteiger partial charge in [0, 0.05) is 29.6 Å². The van der Waals surface area contributed by atoms with Gasteiger partial charge in [0.15, 0.2) is 0 Å². The van der Waals surface area contributed by atoms with E-state index in [0.29, 0.717) is 12.6 Å². The van der Waals surface area contributed by atoms with E-state index in [1.54, 1.807) is 11.3 Å². The van der Waals surface area contributed by atoms with Crippen LogP contribution < -0.4 is 5.73 Å². The number of thiophene rings is 1. The van der Waals surface area contributed by atoms with Crippen LogP contribution in [0.4, 0.5) is 0 Å². The first-order valence-electron chi connectivity index (χ1n) is 6.84. The molecular formula is C15H23N3S. The summed E-state index contributed by atoms with van der Waals surface area (Å²) in [5.74, 6) is 6.10. The molecule has 0 spiro atoms. The Balaban J connectivity index is 1.91. The molecule has 1 aliphatic rings. The van der Waals surface area contributed by atoms with Gasteiger partial charge in [-0.15, -0.1) is 11.3 Å². The Kier molecular flexibility index (Phi) is 5.41. The van der Waals surface area contributed by atoms with E-state index in [4.69, 9.17) is 5.73 Å². The second kappa shape index (κ2) is 7.06. The molecule has 2 N–H and O–H groups in total. The Morgan fingerprint density at radius 1 is 1.58 bits per heavy atom. The zero-order valence-corrected chi connectivity index (χ0v) is 12.7. The van der Waals surface area contributed by atoms with Gasteiger partial charge >= 0.3 is 0 Å². The molecule has 1 aliphatic heterocycles. The van der Waals surface area contributed by atoms with E-state index < -0.39 is 0 Å². The zero-order valence-electron chi connectivity index (χ0n) is 11.9. The summed E-state index contributed by atoms with van der Waals surface area (Å²) in [5.41, 5.74) is 6.58. The van der Waals surface area contributed by atoms with Gasteiger partial charge in [-0.05, 0) is 44.9 Å². The number of nitrogens with two attached hydrogens (primary N) is 1. The summed E-state index contributed by atoms with van der Waals surface area (Å²) in [4.78, 5) is 6.23. The second-order valence-corrected chi connectivity index (χ2v) is 6.24. The minimum Gasteiger partial charge on any atom is -0.320 e. The van der Waals surface area contributed by atoms with Crippen LogP contribution in [0.5, 0.6) is 0 Å². The molecule has 3 nitrogen and oxygen atoms in total. The fourth-order valence-corrected chi connectivity index (χ4v) is 3.51. The molecule has 1 aromatic rings. The monoisotopic (exact) mass is 277 g/mol. The van der Waals surface area contributed by atoms with Crippen molar-refractivity contribution in [1.29, 1.82) is 0 Å². The average molecular weight is 277 g/mol. The van der Waals surface area contributed by atoms with E-state index in [0.717, 1.165) is 18.7 Å². The maximum atomic E-state index is 5.43. The van der Waals surface area contributed by atoms with Gasteiger partial charge in [0.2, 0.25) is 0 Å². The number of likely N-dealkylation sites (N-methyl/N-ethyl adjacent to an activating group) is 2. The molecule has 1 unspecified atom stereocenters. The number of likely N-dealkylation sites (tertiary alicyclic amines) is 1. The Bertz CT molecular complexity index is 457. The molecule has 0 amide bonds. The smallest absolute Gasteiger partial charge is 0.0555 e. The molecular weight excluding hydrogens is 254 g/mol. The maximum Gasteiger partial charge on any atom is 0.0555 e. The Hall–Kier alpha value is -0.860. The molecule has 19 heavy (non-hydrogen) atoms. The van der Waals surface area contributed by atoms with Crippen LogP contribution in [0.2, 0.25) is 0 Å². The van der Waals surface area contributed by atoms with Crippen LogP contribution in [-0.2, 0) is 6.54 Å². The first kappa shape index (κ1) is 14.5. The molecule has 2 rings (SSSR count). The van der Waals surface area contributed by atoms with Gasteiger partial charge in [0.1, 0.15) is 0 Å². The Morgan fingerprint density at radius 3 is 3.11 bits per heavy atom. The molecule has 0 aliphatic carbocycles. The van der Waals surface area contributed by atoms with Crippen molar-refractivity contribution in [3.63, 3.8) is 0 Å². The highest BCUT2D eigenvalue weighted by Gasteiger charge is 2.22. The minimum absolute atomic E-state index is 0.429. The summed E-state index contributed by atoms with van der Waals surface area (Å²) in [5, 5.41) is 2.12. The summed E-state index contributed by atoms with van der Waals surface area (Å²) in [6.45, 7) is 3.79. The SMILES string of the molecule is CN(Cc1sccc1C#CCN)CC1CCCN1C. The number of rotatable bonds is 4. The molecule has 4 heteroatoms. The maximum absolute atomic E-state index is 5.43. The van der Waals surface area contributed by atoms with E-state index in [2.05, 4.69) is 47.2 Å². The molecule has 1 atom stereocenters. The van der Waals surface area contributed by atoms with Crippen LogP contribution in [0, 0.1) is 11.8 Å². The van der Waals surface area contributed by atoms with Crippen LogP contribution in [0.15, 0.2) is 11.4 Å². The summed E-state index contributed by atoms with van der Waals surface area (Å²) in [6, 6.07) is 2.81. The van der Waals surface area contributed by atoms with Crippen LogP contribution >= 0.6 is 11.3 Å². The predicted molar refractivity (Wildman–Crippen MR) is 82.2 cm³/mol. The Morgan fingerprint density at radius 2 is 2.42 bits per heavy atom. The van der Waals surface area contributed by atoms with Crippen molar-refractivity contribution >= 4 is 11.3 Å². The molecule has 1 fully saturated rings. The van der Waals surface area contributed by atoms with Crippen LogP contribution in [0.3, 0.4) is 0 Å². The predicted octanol–water partition coefficient (Wildman–Crippen LogP) is 1.58. The van der Waals surface area contributed by atoms with Gasteiger partial charge in [-0.3, -0.25) is 4.90 Å². The van der Waals surface area contributed by atoms with Gasteiger partial charge in [-0.25, -0.2) is 0 Å². The third-order valence-corrected chi connectivity index (χ3v) is 4.58. The lowest BCUT2D eigenvalue weighted by Gasteiger charge is -2.25. The largest absolute Gasteiger partial charge is 0.320 e. The van der Waals surface area contributed by atoms with Gasteiger partial charge in [-0.1, -0.05) is 11.8 Å². The molecule has 104 valence electrons. The summed E-state index contributed by atoms with van der Waals surface area (Å²) >= 11 is 1.79. The molecule has 0 radical (unpaired) electrons. The molecule has 0 bridgehead atoms. The third kappa shape index (κ3) is 4.05. The van der Waals surface area contributed by atoms with E-state index in [1.165, 1.54) is 24.3 Å². The molecule has 1 saturated heterocycles. The lowest BCUT2D eigenvalue weighted by molar-refractivity contribution is 0.216. The van der Waals surface area contributed by atoms with Crippen molar-refractivity contribution in [3.8, 4) is 11.8 Å². The van der Waals surface area contributed by atoms with E-state index >= 15 is 0 Å². The number of nitrogens with zero attached hydrogens (tertiary/aromatic N) is 2. The average Bonchev–Trinajstić information content (AvgIpc) is 2.97. The van der Waals surface area contributed by atoms with Gasteiger partial charge < -0.3 is 10.6 Å². The molecule has 1 aromatic heterocycles. The summed E-state index contributed by atoms with van der Waals surface area (Å²) < 4.78 is 0. The van der Waals surface area contributed by atoms with Crippen molar-refractivity contribution in [2.24, 2.45) is 5.73 Å². The van der Waals surface area contributed by atoms with Gasteiger partial charge in [0.25, 0.3) is 0 Å². The van der Waals surface area contributed by atoms with Gasteiger partial charge in [0.05, 0.1) is 6.54 Å². The first-order chi connectivity index (χ1) is 9.20. The van der Waals surface area contributed by atoms with Crippen molar-refractivity contribution in [3.05, 3.63) is 21.9 Å². The summed E-state index contributed by atoms with van der Waals surface area (Å²) in [7, 11) is 4.43. The minimum atomic E-state index is 0.429. The van der Waals surface area contributed by atoms with E-state index in [-0.39, 0.29) is 0 Å². The lowest BCUT2D eigenvalue weighted by Crippen LogP contribution is -2.36. The van der Waals surface area contributed by atoms with Crippen LogP contribution in [0.1, 0.15) is 23.3 Å². The first-order valence-corrected chi connectivity index (χ1v) is 7.72. The summed E-state index contributed by atoms with van der Waals surface area (Å²) in [6.07, 6.45) is 2.66. The Labute approximate surface area is 120 Å². The topological polar surface area (TPSA) is 32.5 Å². The lowest BCUT2D eigenvalue weighted by atomic mass is 10.2. The standard InChI is InChI=1S/C15H23N3S/c1-17(11-14-6-4-9-18(14)2)12-15-13(5-3-8-16)7-10-19-15/h7,10,14H,4,6,8-9,11-12,16H2,1-2H3. The molecule has 0 aromatic carbocycles. The fraction of sp³-hybridized carbons (Fsp3) is 0.600. The molecule has 0 saturated carbocycles. The van der Waals surface area contributed by atoms with E-state index in [1.807, 2.05) is 0 Å².